The van der Waals surface area contributed by atoms with E-state index < -0.39 is 10.8 Å². The minimum Gasteiger partial charge on any atom is -0.310 e. The smallest absolute Gasteiger partial charge is 0.283 e. The van der Waals surface area contributed by atoms with Gasteiger partial charge in [0.05, 0.1) is 25.7 Å². The number of hydrogen-bond acceptors (Lipinski definition) is 5. The number of carbonyl (C=O) groups excluding carboxylic acids is 1. The summed E-state index contributed by atoms with van der Waals surface area (Å²) in [5, 5.41) is 13.6. The Morgan fingerprint density at radius 1 is 1.43 bits per heavy atom. The Morgan fingerprint density at radius 2 is 2.17 bits per heavy atom. The van der Waals surface area contributed by atoms with Crippen molar-refractivity contribution in [1.82, 2.24) is 9.55 Å². The highest BCUT2D eigenvalue weighted by atomic mass is 32.1. The van der Waals surface area contributed by atoms with Gasteiger partial charge in [0.25, 0.3) is 11.6 Å². The second kappa shape index (κ2) is 5.81. The summed E-state index contributed by atoms with van der Waals surface area (Å²) < 4.78 is 1.89. The zero-order chi connectivity index (χ0) is 16.6. The van der Waals surface area contributed by atoms with Gasteiger partial charge in [0.1, 0.15) is 0 Å². The molecule has 0 spiro atoms. The van der Waals surface area contributed by atoms with Crippen LogP contribution in [-0.2, 0) is 6.54 Å². The number of imidazole rings is 1. The highest BCUT2D eigenvalue weighted by Gasteiger charge is 2.21. The molecule has 0 saturated heterocycles. The van der Waals surface area contributed by atoms with E-state index >= 15 is 0 Å². The molecule has 2 heterocycles. The van der Waals surface area contributed by atoms with Crippen molar-refractivity contribution < 1.29 is 9.72 Å². The quantitative estimate of drug-likeness (QED) is 0.584. The Bertz CT molecular complexity index is 913. The predicted molar refractivity (Wildman–Crippen MR) is 89.1 cm³/mol. The zero-order valence-electron chi connectivity index (χ0n) is 12.6. The number of carbonyl (C=O) groups is 1. The maximum Gasteiger partial charge on any atom is 0.283 e. The van der Waals surface area contributed by atoms with Crippen molar-refractivity contribution in [3.63, 3.8) is 0 Å². The lowest BCUT2D eigenvalue weighted by atomic mass is 10.3. The molecule has 1 amide bonds. The van der Waals surface area contributed by atoms with Gasteiger partial charge < -0.3 is 4.57 Å². The Kier molecular flexibility index (Phi) is 3.83. The van der Waals surface area contributed by atoms with Crippen molar-refractivity contribution in [2.75, 3.05) is 5.32 Å². The van der Waals surface area contributed by atoms with Gasteiger partial charge in [-0.1, -0.05) is 12.1 Å². The molecule has 7 nitrogen and oxygen atoms in total. The summed E-state index contributed by atoms with van der Waals surface area (Å²) >= 11 is 1.10. The van der Waals surface area contributed by atoms with Crippen LogP contribution in [0.15, 0.2) is 30.3 Å². The summed E-state index contributed by atoms with van der Waals surface area (Å²) in [5.74, 6) is 0.0450. The normalized spacial score (nSPS) is 10.9. The van der Waals surface area contributed by atoms with Gasteiger partial charge in [-0.05, 0) is 26.0 Å². The number of anilines is 1. The Morgan fingerprint density at radius 3 is 2.83 bits per heavy atom. The molecule has 0 aliphatic heterocycles. The first-order chi connectivity index (χ1) is 11.0. The third kappa shape index (κ3) is 2.68. The third-order valence-electron chi connectivity index (χ3n) is 3.51. The van der Waals surface area contributed by atoms with Gasteiger partial charge in [-0.25, -0.2) is 4.98 Å². The minimum atomic E-state index is -0.482. The van der Waals surface area contributed by atoms with E-state index in [2.05, 4.69) is 10.3 Å². The number of aromatic nitrogens is 2. The molecule has 0 aliphatic rings. The lowest BCUT2D eigenvalue weighted by molar-refractivity contribution is -0.385. The second-order valence-electron chi connectivity index (χ2n) is 4.93. The van der Waals surface area contributed by atoms with E-state index in [9.17, 15) is 14.9 Å². The molecule has 0 aliphatic carbocycles. The van der Waals surface area contributed by atoms with Crippen molar-refractivity contribution in [2.45, 2.75) is 20.4 Å². The topological polar surface area (TPSA) is 90.1 Å². The molecular weight excluding hydrogens is 316 g/mol. The van der Waals surface area contributed by atoms with Crippen LogP contribution in [0, 0.1) is 17.0 Å². The van der Waals surface area contributed by atoms with Gasteiger partial charge in [0.15, 0.2) is 0 Å². The number of fused-ring (bicyclic) bond motifs is 1. The van der Waals surface area contributed by atoms with Gasteiger partial charge in [-0.2, -0.15) is 0 Å². The van der Waals surface area contributed by atoms with Gasteiger partial charge >= 0.3 is 0 Å². The maximum absolute atomic E-state index is 12.4. The highest BCUT2D eigenvalue weighted by Crippen LogP contribution is 2.29. The Labute approximate surface area is 135 Å². The summed E-state index contributed by atoms with van der Waals surface area (Å²) in [5.41, 5.74) is 1.68. The van der Waals surface area contributed by atoms with Gasteiger partial charge in [0.2, 0.25) is 5.95 Å². The van der Waals surface area contributed by atoms with Crippen LogP contribution in [0.25, 0.3) is 11.0 Å². The van der Waals surface area contributed by atoms with Crippen molar-refractivity contribution in [2.24, 2.45) is 0 Å². The van der Waals surface area contributed by atoms with Gasteiger partial charge in [-0.15, -0.1) is 11.3 Å². The van der Waals surface area contributed by atoms with Crippen LogP contribution in [0.4, 0.5) is 11.6 Å². The number of nitrogens with zero attached hydrogens (tertiary/aromatic N) is 3. The first-order valence-electron chi connectivity index (χ1n) is 7.02. The lowest BCUT2D eigenvalue weighted by Gasteiger charge is -2.06. The number of para-hydroxylation sites is 2. The molecule has 0 unspecified atom stereocenters. The van der Waals surface area contributed by atoms with Crippen LogP contribution in [0.1, 0.15) is 21.5 Å². The molecule has 3 aromatic rings. The van der Waals surface area contributed by atoms with E-state index in [-0.39, 0.29) is 5.69 Å². The SMILES string of the molecule is CCn1c(NC(=O)c2cc([N+](=O)[O-])c(C)s2)nc2ccccc21. The Balaban J connectivity index is 1.94. The van der Waals surface area contributed by atoms with Crippen LogP contribution in [0.2, 0.25) is 0 Å². The summed E-state index contributed by atoms with van der Waals surface area (Å²) in [6.45, 7) is 4.24. The second-order valence-corrected chi connectivity index (χ2v) is 6.19. The van der Waals surface area contributed by atoms with Crippen molar-refractivity contribution in [3.8, 4) is 0 Å². The number of nitro groups is 1. The molecule has 1 aromatic carbocycles. The molecule has 0 bridgehead atoms. The number of amides is 1. The number of aryl methyl sites for hydroxylation is 2. The molecule has 1 N–H and O–H groups in total. The van der Waals surface area contributed by atoms with E-state index in [1.54, 1.807) is 6.92 Å². The fourth-order valence-corrected chi connectivity index (χ4v) is 3.30. The van der Waals surface area contributed by atoms with E-state index in [4.69, 9.17) is 0 Å². The number of nitrogens with one attached hydrogen (secondary N) is 1. The summed E-state index contributed by atoms with van der Waals surface area (Å²) in [7, 11) is 0. The predicted octanol–water partition coefficient (Wildman–Crippen LogP) is 3.59. The number of thiophene rings is 1. The fraction of sp³-hybridized carbons (Fsp3) is 0.200. The van der Waals surface area contributed by atoms with E-state index in [1.807, 2.05) is 35.8 Å². The van der Waals surface area contributed by atoms with Gasteiger partial charge in [-0.3, -0.25) is 20.2 Å². The number of rotatable bonds is 4. The molecule has 23 heavy (non-hydrogen) atoms. The Hall–Kier alpha value is -2.74. The van der Waals surface area contributed by atoms with Crippen LogP contribution in [0.3, 0.4) is 0 Å². The molecule has 0 radical (unpaired) electrons. The van der Waals surface area contributed by atoms with E-state index in [0.717, 1.165) is 22.4 Å². The zero-order valence-corrected chi connectivity index (χ0v) is 13.4. The van der Waals surface area contributed by atoms with Crippen molar-refractivity contribution >= 4 is 39.9 Å². The molecule has 8 heteroatoms. The largest absolute Gasteiger partial charge is 0.310 e. The van der Waals surface area contributed by atoms with Crippen molar-refractivity contribution in [3.05, 3.63) is 50.2 Å². The maximum atomic E-state index is 12.4. The van der Waals surface area contributed by atoms with Crippen LogP contribution < -0.4 is 5.32 Å². The fourth-order valence-electron chi connectivity index (χ4n) is 2.42. The molecular formula is C15H14N4O3S. The molecule has 2 aromatic heterocycles. The van der Waals surface area contributed by atoms with Crippen LogP contribution in [0.5, 0.6) is 0 Å². The van der Waals surface area contributed by atoms with E-state index in [0.29, 0.717) is 22.2 Å². The number of benzene rings is 1. The molecule has 0 saturated carbocycles. The lowest BCUT2D eigenvalue weighted by Crippen LogP contribution is -2.14. The average molecular weight is 330 g/mol. The molecule has 118 valence electrons. The van der Waals surface area contributed by atoms with Gasteiger partial charge in [0, 0.05) is 12.6 Å². The average Bonchev–Trinajstić information content (AvgIpc) is 3.07. The highest BCUT2D eigenvalue weighted by molar-refractivity contribution is 7.14. The molecule has 0 atom stereocenters. The van der Waals surface area contributed by atoms with Crippen molar-refractivity contribution in [1.29, 1.82) is 0 Å². The standard InChI is InChI=1S/C15H14N4O3S/c1-3-18-11-7-5-4-6-10(11)16-15(18)17-14(20)13-8-12(19(21)22)9(2)23-13/h4-8H,3H2,1-2H3,(H,16,17,20). The third-order valence-corrected chi connectivity index (χ3v) is 4.55. The van der Waals surface area contributed by atoms with Crippen LogP contribution in [-0.4, -0.2) is 20.4 Å². The summed E-state index contributed by atoms with van der Waals surface area (Å²) in [6, 6.07) is 8.90. The first-order valence-corrected chi connectivity index (χ1v) is 7.84. The van der Waals surface area contributed by atoms with E-state index in [1.165, 1.54) is 6.07 Å². The molecule has 0 fully saturated rings. The summed E-state index contributed by atoms with van der Waals surface area (Å²) in [4.78, 5) is 28.0. The monoisotopic (exact) mass is 330 g/mol. The molecule has 3 rings (SSSR count). The number of hydrogen-bond donors (Lipinski definition) is 1. The van der Waals surface area contributed by atoms with Crippen LogP contribution >= 0.6 is 11.3 Å². The summed E-state index contributed by atoms with van der Waals surface area (Å²) in [6.07, 6.45) is 0. The minimum absolute atomic E-state index is 0.0378. The first kappa shape index (κ1) is 15.2.